The lowest BCUT2D eigenvalue weighted by Crippen LogP contribution is -2.58. The number of nitrogens with zero attached hydrogens (tertiary/aromatic N) is 1. The van der Waals surface area contributed by atoms with Crippen LogP contribution in [0.2, 0.25) is 5.02 Å². The topological polar surface area (TPSA) is 58.6 Å². The highest BCUT2D eigenvalue weighted by atomic mass is 35.5. The van der Waals surface area contributed by atoms with Crippen LogP contribution in [0.4, 0.5) is 5.69 Å². The molecule has 2 aliphatic rings. The number of aryl methyl sites for hydroxylation is 2. The number of ether oxygens (including phenoxy) is 1. The van der Waals surface area contributed by atoms with Gasteiger partial charge < -0.3 is 15.0 Å². The van der Waals surface area contributed by atoms with Crippen molar-refractivity contribution >= 4 is 29.1 Å². The predicted octanol–water partition coefficient (Wildman–Crippen LogP) is 5.26. The first-order valence-electron chi connectivity index (χ1n) is 10.4. The summed E-state index contributed by atoms with van der Waals surface area (Å²) in [7, 11) is 1.61. The number of fused-ring (bicyclic) bond motifs is 1. The fourth-order valence-electron chi connectivity index (χ4n) is 4.77. The molecule has 1 heterocycles. The molecule has 2 amide bonds. The van der Waals surface area contributed by atoms with Gasteiger partial charge in [0.2, 0.25) is 5.91 Å². The molecular weight excluding hydrogens is 400 g/mol. The molecule has 5 nitrogen and oxygen atoms in total. The molecule has 2 aromatic carbocycles. The van der Waals surface area contributed by atoms with Crippen molar-refractivity contribution in [2.24, 2.45) is 0 Å². The summed E-state index contributed by atoms with van der Waals surface area (Å²) in [5.41, 5.74) is 3.31. The number of nitrogens with one attached hydrogen (secondary N) is 1. The molecule has 0 saturated heterocycles. The van der Waals surface area contributed by atoms with Crippen molar-refractivity contribution in [2.75, 3.05) is 12.4 Å². The van der Waals surface area contributed by atoms with E-state index in [2.05, 4.69) is 5.32 Å². The summed E-state index contributed by atoms with van der Waals surface area (Å²) in [6.07, 6.45) is 4.20. The molecule has 1 fully saturated rings. The Morgan fingerprint density at radius 1 is 1.10 bits per heavy atom. The first-order valence-corrected chi connectivity index (χ1v) is 10.8. The normalized spacial score (nSPS) is 17.6. The Balaban J connectivity index is 1.69. The van der Waals surface area contributed by atoms with Gasteiger partial charge in [-0.25, -0.2) is 0 Å². The van der Waals surface area contributed by atoms with Crippen LogP contribution in [0.25, 0.3) is 0 Å². The number of halogens is 1. The van der Waals surface area contributed by atoms with Crippen LogP contribution in [0.3, 0.4) is 0 Å². The van der Waals surface area contributed by atoms with Crippen molar-refractivity contribution in [3.05, 3.63) is 57.6 Å². The fourth-order valence-corrected chi connectivity index (χ4v) is 5.03. The monoisotopic (exact) mass is 426 g/mol. The summed E-state index contributed by atoms with van der Waals surface area (Å²) >= 11 is 6.38. The highest BCUT2D eigenvalue weighted by Gasteiger charge is 2.50. The minimum absolute atomic E-state index is 0.136. The molecule has 0 radical (unpaired) electrons. The van der Waals surface area contributed by atoms with Gasteiger partial charge >= 0.3 is 0 Å². The van der Waals surface area contributed by atoms with Crippen molar-refractivity contribution in [2.45, 2.75) is 58.0 Å². The molecule has 6 heteroatoms. The van der Waals surface area contributed by atoms with Crippen LogP contribution >= 0.6 is 11.6 Å². The van der Waals surface area contributed by atoms with E-state index >= 15 is 0 Å². The van der Waals surface area contributed by atoms with Crippen LogP contribution in [-0.4, -0.2) is 29.4 Å². The maximum Gasteiger partial charge on any atom is 0.256 e. The highest BCUT2D eigenvalue weighted by Crippen LogP contribution is 2.42. The third-order valence-electron chi connectivity index (χ3n) is 6.56. The summed E-state index contributed by atoms with van der Waals surface area (Å²) in [6, 6.07) is 9.31. The van der Waals surface area contributed by atoms with Gasteiger partial charge in [0, 0.05) is 18.3 Å². The first-order chi connectivity index (χ1) is 14.4. The molecule has 0 unspecified atom stereocenters. The second-order valence-corrected chi connectivity index (χ2v) is 8.75. The van der Waals surface area contributed by atoms with Gasteiger partial charge in [0.25, 0.3) is 5.91 Å². The lowest BCUT2D eigenvalue weighted by molar-refractivity contribution is -0.129. The molecule has 1 aliphatic heterocycles. The molecule has 0 aromatic heterocycles. The van der Waals surface area contributed by atoms with Crippen molar-refractivity contribution in [1.29, 1.82) is 0 Å². The van der Waals surface area contributed by atoms with E-state index in [0.717, 1.165) is 41.7 Å². The molecule has 0 bridgehead atoms. The molecule has 30 heavy (non-hydrogen) atoms. The standard InChI is InChI=1S/C24H27ClN2O3/c1-15-8-10-19(25)21-18(15)14-27(22(21)28)24(11-5-4-6-12-24)23(29)26-17-9-7-16(2)20(13-17)30-3/h7-10,13H,4-6,11-12,14H2,1-3H3,(H,26,29). The number of methoxy groups -OCH3 is 1. The second kappa shape index (κ2) is 7.95. The third kappa shape index (κ3) is 3.35. The number of amides is 2. The SMILES string of the molecule is COc1cc(NC(=O)C2(N3Cc4c(C)ccc(Cl)c4C3=O)CCCCC2)ccc1C. The molecular formula is C24H27ClN2O3. The van der Waals surface area contributed by atoms with Crippen molar-refractivity contribution in [1.82, 2.24) is 4.90 Å². The van der Waals surface area contributed by atoms with Gasteiger partial charge in [-0.3, -0.25) is 9.59 Å². The largest absolute Gasteiger partial charge is 0.496 e. The van der Waals surface area contributed by atoms with Gasteiger partial charge in [-0.1, -0.05) is 43.0 Å². The van der Waals surface area contributed by atoms with Crippen LogP contribution in [0.1, 0.15) is 59.2 Å². The Morgan fingerprint density at radius 2 is 1.80 bits per heavy atom. The van der Waals surface area contributed by atoms with Gasteiger partial charge in [-0.05, 0) is 55.5 Å². The smallest absolute Gasteiger partial charge is 0.256 e. The molecule has 1 aliphatic carbocycles. The lowest BCUT2D eigenvalue weighted by Gasteiger charge is -2.43. The van der Waals surface area contributed by atoms with Crippen molar-refractivity contribution < 1.29 is 14.3 Å². The van der Waals surface area contributed by atoms with E-state index in [-0.39, 0.29) is 11.8 Å². The number of rotatable bonds is 4. The summed E-state index contributed by atoms with van der Waals surface area (Å²) in [5, 5.41) is 3.52. The van der Waals surface area contributed by atoms with E-state index in [1.807, 2.05) is 38.1 Å². The van der Waals surface area contributed by atoms with E-state index in [0.29, 0.717) is 35.7 Å². The maximum atomic E-state index is 13.6. The van der Waals surface area contributed by atoms with Crippen LogP contribution in [-0.2, 0) is 11.3 Å². The Bertz CT molecular complexity index is 1010. The number of carbonyl (C=O) groups is 2. The quantitative estimate of drug-likeness (QED) is 0.725. The number of benzene rings is 2. The van der Waals surface area contributed by atoms with Crippen molar-refractivity contribution in [3.63, 3.8) is 0 Å². The summed E-state index contributed by atoms with van der Waals surface area (Å²) < 4.78 is 5.39. The average Bonchev–Trinajstić information content (AvgIpc) is 3.11. The Labute approximate surface area is 182 Å². The zero-order valence-corrected chi connectivity index (χ0v) is 18.4. The van der Waals surface area contributed by atoms with E-state index in [1.54, 1.807) is 18.1 Å². The van der Waals surface area contributed by atoms with E-state index in [4.69, 9.17) is 16.3 Å². The van der Waals surface area contributed by atoms with Crippen LogP contribution in [0.15, 0.2) is 30.3 Å². The lowest BCUT2D eigenvalue weighted by atomic mass is 9.79. The number of hydrogen-bond donors (Lipinski definition) is 1. The van der Waals surface area contributed by atoms with Gasteiger partial charge in [-0.15, -0.1) is 0 Å². The minimum Gasteiger partial charge on any atom is -0.496 e. The molecule has 158 valence electrons. The fraction of sp³-hybridized carbons (Fsp3) is 0.417. The van der Waals surface area contributed by atoms with Gasteiger partial charge in [0.05, 0.1) is 17.7 Å². The Morgan fingerprint density at radius 3 is 2.47 bits per heavy atom. The molecule has 0 atom stereocenters. The van der Waals surface area contributed by atoms with Crippen LogP contribution in [0.5, 0.6) is 5.75 Å². The summed E-state index contributed by atoms with van der Waals surface area (Å²) in [5.74, 6) is 0.442. The zero-order valence-electron chi connectivity index (χ0n) is 17.7. The first kappa shape index (κ1) is 20.7. The Kier molecular flexibility index (Phi) is 5.49. The molecule has 1 N–H and O–H groups in total. The van der Waals surface area contributed by atoms with Gasteiger partial charge in [0.1, 0.15) is 11.3 Å². The molecule has 4 rings (SSSR count). The molecule has 1 saturated carbocycles. The third-order valence-corrected chi connectivity index (χ3v) is 6.87. The van der Waals surface area contributed by atoms with Gasteiger partial charge in [0.15, 0.2) is 0 Å². The number of anilines is 1. The van der Waals surface area contributed by atoms with Crippen LogP contribution < -0.4 is 10.1 Å². The number of carbonyl (C=O) groups excluding carboxylic acids is 2. The van der Waals surface area contributed by atoms with E-state index < -0.39 is 5.54 Å². The maximum absolute atomic E-state index is 13.6. The molecule has 0 spiro atoms. The highest BCUT2D eigenvalue weighted by molar-refractivity contribution is 6.34. The van der Waals surface area contributed by atoms with Crippen molar-refractivity contribution in [3.8, 4) is 5.75 Å². The summed E-state index contributed by atoms with van der Waals surface area (Å²) in [4.78, 5) is 28.8. The Hall–Kier alpha value is -2.53. The minimum atomic E-state index is -0.873. The number of hydrogen-bond acceptors (Lipinski definition) is 3. The second-order valence-electron chi connectivity index (χ2n) is 8.34. The predicted molar refractivity (Wildman–Crippen MR) is 118 cm³/mol. The van der Waals surface area contributed by atoms with E-state index in [1.165, 1.54) is 0 Å². The zero-order chi connectivity index (χ0) is 21.5. The van der Waals surface area contributed by atoms with E-state index in [9.17, 15) is 9.59 Å². The summed E-state index contributed by atoms with van der Waals surface area (Å²) in [6.45, 7) is 4.36. The molecule has 2 aromatic rings. The van der Waals surface area contributed by atoms with Crippen LogP contribution in [0, 0.1) is 13.8 Å². The van der Waals surface area contributed by atoms with Gasteiger partial charge in [-0.2, -0.15) is 0 Å². The average molecular weight is 427 g/mol.